The number of alkyl halides is 3. The van der Waals surface area contributed by atoms with Crippen LogP contribution in [-0.2, 0) is 33.3 Å². The predicted molar refractivity (Wildman–Crippen MR) is 276 cm³/mol. The molecule has 0 aromatic heterocycles. The molecule has 0 bridgehead atoms. The largest absolute Gasteiger partial charge is 0.508 e. The number of aliphatic hydroxyl groups excluding tert-OH is 3. The van der Waals surface area contributed by atoms with Crippen LogP contribution in [0.1, 0.15) is 81.8 Å². The standard InChI is InChI=1S/C55H62F3N4O12P/c1-32-36-27-28-37(46(65)41(36)47(66)42-40(32)48(67)44-45(62(2)3)49(68)43(52(59)71)51(70)54(44,73)50(42)69)61-39(64)29-30-60-38(63)26-18-7-5-4-6-8-19-31-75(33-20-12-9-13-21-33,34-22-14-10-15-23-34,35-24-16-11-17-25-35)74-53(72)55(56,57)58/h9-17,20-25,27-28,32,40,44-45,48,65-67,70,73H,4-8,18-19,26,29-31H2,1-3H3,(H2,59,71)(H,60,63)(H,61,64)/t32-,40+,44+,45-,48-,54-/m0/s1. The number of nitrogens with two attached hydrogens (primary N) is 1. The number of carbonyl (C=O) groups is 6. The molecule has 6 atom stereocenters. The van der Waals surface area contributed by atoms with E-state index in [0.29, 0.717) is 41.6 Å². The number of primary amides is 1. The summed E-state index contributed by atoms with van der Waals surface area (Å²) < 4.78 is 48.6. The van der Waals surface area contributed by atoms with E-state index in [4.69, 9.17) is 10.3 Å². The van der Waals surface area contributed by atoms with Gasteiger partial charge in [0.25, 0.3) is 5.91 Å². The second-order valence-electron chi connectivity index (χ2n) is 19.7. The average Bonchev–Trinajstić information content (AvgIpc) is 3.37. The minimum Gasteiger partial charge on any atom is -0.508 e. The van der Waals surface area contributed by atoms with Crippen LogP contribution < -0.4 is 32.3 Å². The summed E-state index contributed by atoms with van der Waals surface area (Å²) in [4.78, 5) is 80.1. The van der Waals surface area contributed by atoms with Crippen molar-refractivity contribution < 1.29 is 72.0 Å². The number of nitrogens with one attached hydrogen (secondary N) is 2. The van der Waals surface area contributed by atoms with Crippen molar-refractivity contribution in [2.24, 2.45) is 17.6 Å². The molecular formula is C55H62F3N4O12P. The number of rotatable bonds is 20. The predicted octanol–water partition coefficient (Wildman–Crippen LogP) is 5.61. The molecule has 1 fully saturated rings. The maximum absolute atomic E-state index is 14.3. The zero-order valence-electron chi connectivity index (χ0n) is 41.7. The number of benzene rings is 4. The molecule has 3 amide bonds. The van der Waals surface area contributed by atoms with Gasteiger partial charge in [-0.2, -0.15) is 0 Å². The van der Waals surface area contributed by atoms with Crippen molar-refractivity contribution in [3.8, 4) is 5.75 Å². The Balaban J connectivity index is 0.919. The second kappa shape index (κ2) is 22.1. The number of likely N-dealkylation sites (N-methyl/N-ethyl adjacent to an activating group) is 1. The Morgan fingerprint density at radius 3 is 1.79 bits per heavy atom. The Morgan fingerprint density at radius 1 is 0.760 bits per heavy atom. The van der Waals surface area contributed by atoms with Crippen molar-refractivity contribution in [1.82, 2.24) is 10.2 Å². The van der Waals surface area contributed by atoms with Crippen molar-refractivity contribution >= 4 is 69.4 Å². The molecule has 16 nitrogen and oxygen atoms in total. The molecule has 4 aromatic carbocycles. The minimum atomic E-state index is -5.24. The summed E-state index contributed by atoms with van der Waals surface area (Å²) in [5.41, 5.74) is 0.474. The summed E-state index contributed by atoms with van der Waals surface area (Å²) in [5, 5.41) is 64.7. The Morgan fingerprint density at radius 2 is 1.28 bits per heavy atom. The molecule has 0 heterocycles. The summed E-state index contributed by atoms with van der Waals surface area (Å²) in [7, 11) is 2.82. The van der Waals surface area contributed by atoms with Crippen LogP contribution in [0.15, 0.2) is 120 Å². The first kappa shape index (κ1) is 55.8. The fourth-order valence-electron chi connectivity index (χ4n) is 11.4. The topological polar surface area (TPSA) is 266 Å². The van der Waals surface area contributed by atoms with Crippen molar-refractivity contribution in [2.45, 2.75) is 94.6 Å². The monoisotopic (exact) mass is 1060 g/mol. The number of aromatic hydroxyl groups is 1. The Hall–Kier alpha value is -6.92. The van der Waals surface area contributed by atoms with E-state index in [1.54, 1.807) is 97.9 Å². The molecule has 3 aliphatic carbocycles. The van der Waals surface area contributed by atoms with Crippen LogP contribution >= 0.6 is 6.83 Å². The zero-order valence-corrected chi connectivity index (χ0v) is 42.6. The number of aliphatic hydroxyl groups is 4. The van der Waals surface area contributed by atoms with Crippen molar-refractivity contribution in [2.75, 3.05) is 32.1 Å². The third kappa shape index (κ3) is 10.1. The molecule has 0 radical (unpaired) electrons. The van der Waals surface area contributed by atoms with Crippen LogP contribution in [0, 0.1) is 11.8 Å². The quantitative estimate of drug-likeness (QED) is 0.0232. The van der Waals surface area contributed by atoms with Gasteiger partial charge in [0, 0.05) is 17.9 Å². The number of hydrogen-bond acceptors (Lipinski definition) is 13. The Kier molecular flexibility index (Phi) is 16.5. The van der Waals surface area contributed by atoms with Gasteiger partial charge in [-0.1, -0.05) is 13.0 Å². The van der Waals surface area contributed by atoms with Gasteiger partial charge in [0.2, 0.25) is 11.7 Å². The number of phenols is 1. The summed E-state index contributed by atoms with van der Waals surface area (Å²) in [6, 6.07) is 27.4. The number of ketones is 2. The number of nitrogens with zero attached hydrogens (tertiary/aromatic N) is 1. The first-order valence-electron chi connectivity index (χ1n) is 24.8. The van der Waals surface area contributed by atoms with E-state index in [1.807, 2.05) is 0 Å². The fourth-order valence-corrected chi connectivity index (χ4v) is 17.2. The smallest absolute Gasteiger partial charge is 0.255 e. The van der Waals surface area contributed by atoms with E-state index in [2.05, 4.69) is 10.6 Å². The number of hydrogen-bond donors (Lipinski definition) is 8. The van der Waals surface area contributed by atoms with Crippen molar-refractivity contribution in [3.63, 3.8) is 0 Å². The van der Waals surface area contributed by atoms with Gasteiger partial charge >= 0.3 is 228 Å². The van der Waals surface area contributed by atoms with Crippen LogP contribution in [0.3, 0.4) is 0 Å². The van der Waals surface area contributed by atoms with Gasteiger partial charge in [-0.25, -0.2) is 0 Å². The van der Waals surface area contributed by atoms with Crippen LogP contribution in [0.4, 0.5) is 18.9 Å². The van der Waals surface area contributed by atoms with Gasteiger partial charge in [-0.15, -0.1) is 0 Å². The maximum Gasteiger partial charge on any atom is 0.255 e. The third-order valence-corrected chi connectivity index (χ3v) is 20.9. The minimum absolute atomic E-state index is 0.0599. The number of anilines is 1. The molecule has 9 N–H and O–H groups in total. The van der Waals surface area contributed by atoms with E-state index < -0.39 is 106 Å². The van der Waals surface area contributed by atoms with Crippen molar-refractivity contribution in [3.05, 3.63) is 131 Å². The molecule has 0 spiro atoms. The molecule has 400 valence electrons. The average molecular weight is 1060 g/mol. The number of amides is 3. The maximum atomic E-state index is 14.3. The summed E-state index contributed by atoms with van der Waals surface area (Å²) in [6.45, 7) is -3.04. The SMILES string of the molecule is C[C@H]1c2ccc(NC(=O)CCNC(=O)CCCCCCCCCP(OC(=O)C(F)(F)F)(c3ccccc3)(c3ccccc3)c3ccccc3)c(O)c2C(O)=C2C(=O)[C@]3(O)C(O)=C(C(N)=O)C(=O)[C@@H](N(C)C)[C@@H]3[C@@H](O)[C@@H]21. The van der Waals surface area contributed by atoms with Gasteiger partial charge in [0.15, 0.2) is 11.4 Å². The van der Waals surface area contributed by atoms with Gasteiger partial charge in [-0.3, -0.25) is 24.1 Å². The number of Topliss-reactive ketones (excluding diaryl/α,β-unsaturated/α-hetero) is 2. The molecular weight excluding hydrogens is 997 g/mol. The van der Waals surface area contributed by atoms with E-state index in [9.17, 15) is 67.5 Å². The molecule has 75 heavy (non-hydrogen) atoms. The van der Waals surface area contributed by atoms with Crippen LogP contribution in [0.5, 0.6) is 5.75 Å². The van der Waals surface area contributed by atoms with Crippen LogP contribution in [-0.4, -0.2) is 116 Å². The first-order valence-corrected chi connectivity index (χ1v) is 27.1. The number of carbonyl (C=O) groups excluding carboxylic acids is 6. The van der Waals surface area contributed by atoms with E-state index >= 15 is 0 Å². The first-order chi connectivity index (χ1) is 35.5. The Bertz CT molecular complexity index is 2820. The van der Waals surface area contributed by atoms with Gasteiger partial charge in [0.1, 0.15) is 22.8 Å². The summed E-state index contributed by atoms with van der Waals surface area (Å²) in [6.07, 6.45) is -2.25. The molecule has 0 aliphatic heterocycles. The fraction of sp³-hybridized carbons (Fsp3) is 0.382. The number of fused-ring (bicyclic) bond motifs is 3. The molecule has 3 aliphatic rings. The van der Waals surface area contributed by atoms with E-state index in [1.165, 1.54) is 31.1 Å². The summed E-state index contributed by atoms with van der Waals surface area (Å²) >= 11 is 0. The van der Waals surface area contributed by atoms with Gasteiger partial charge in [0.05, 0.1) is 29.3 Å². The molecule has 1 saturated carbocycles. The normalized spacial score (nSPS) is 22.1. The second-order valence-corrected chi connectivity index (χ2v) is 24.3. The zero-order chi connectivity index (χ0) is 54.6. The number of halogens is 3. The molecule has 0 unspecified atom stereocenters. The molecule has 4 aromatic rings. The van der Waals surface area contributed by atoms with Gasteiger partial charge in [-0.05, 0) is 31.6 Å². The number of phenolic OH excluding ortho intramolecular Hbond substituents is 1. The molecule has 7 rings (SSSR count). The van der Waals surface area contributed by atoms with E-state index in [-0.39, 0.29) is 48.3 Å². The Labute approximate surface area is 431 Å². The molecule has 20 heteroatoms. The van der Waals surface area contributed by atoms with Crippen molar-refractivity contribution in [1.29, 1.82) is 0 Å². The van der Waals surface area contributed by atoms with Crippen LogP contribution in [0.2, 0.25) is 0 Å². The van der Waals surface area contributed by atoms with E-state index in [0.717, 1.165) is 19.3 Å². The molecule has 0 saturated heterocycles. The summed E-state index contributed by atoms with van der Waals surface area (Å²) in [5.74, 6) is -13.6. The van der Waals surface area contributed by atoms with Gasteiger partial charge < -0.3 is 36.6 Å². The number of unbranched alkanes of at least 4 members (excludes halogenated alkanes) is 6. The van der Waals surface area contributed by atoms with Crippen LogP contribution in [0.25, 0.3) is 5.76 Å². The third-order valence-electron chi connectivity index (χ3n) is 15.0.